The molecule has 0 heterocycles. The molecular formula is C15H22O3. The third-order valence-corrected chi connectivity index (χ3v) is 4.68. The second kappa shape index (κ2) is 4.04. The van der Waals surface area contributed by atoms with Crippen molar-refractivity contribution in [2.75, 3.05) is 0 Å². The number of hydrogen-bond donors (Lipinski definition) is 2. The summed E-state index contributed by atoms with van der Waals surface area (Å²) in [5.41, 5.74) is 0.101. The van der Waals surface area contributed by atoms with Crippen molar-refractivity contribution in [3.63, 3.8) is 0 Å². The van der Waals surface area contributed by atoms with Crippen molar-refractivity contribution in [3.8, 4) is 0 Å². The maximum absolute atomic E-state index is 12.1. The lowest BCUT2D eigenvalue weighted by molar-refractivity contribution is -0.134. The van der Waals surface area contributed by atoms with Gasteiger partial charge in [0.15, 0.2) is 5.78 Å². The Morgan fingerprint density at radius 1 is 1.39 bits per heavy atom. The van der Waals surface area contributed by atoms with Crippen LogP contribution in [-0.4, -0.2) is 27.2 Å². The fraction of sp³-hybridized carbons (Fsp3) is 0.667. The lowest BCUT2D eigenvalue weighted by atomic mass is 9.75. The SMILES string of the molecule is CC1=CC(=O)C(=C(C)C)C[C@@]2(O)[C@H]1CC[C@]2(C)O. The van der Waals surface area contributed by atoms with E-state index in [4.69, 9.17) is 0 Å². The Morgan fingerprint density at radius 2 is 2.00 bits per heavy atom. The van der Waals surface area contributed by atoms with Crippen LogP contribution in [0.25, 0.3) is 0 Å². The lowest BCUT2D eigenvalue weighted by Gasteiger charge is -2.39. The number of ketones is 1. The molecule has 0 amide bonds. The number of carbonyl (C=O) groups excluding carboxylic acids is 1. The molecule has 0 aromatic heterocycles. The molecule has 2 aliphatic carbocycles. The van der Waals surface area contributed by atoms with Crippen LogP contribution in [-0.2, 0) is 4.79 Å². The van der Waals surface area contributed by atoms with Gasteiger partial charge in [-0.15, -0.1) is 0 Å². The van der Waals surface area contributed by atoms with Gasteiger partial charge >= 0.3 is 0 Å². The first-order valence-electron chi connectivity index (χ1n) is 6.52. The molecule has 0 aromatic rings. The largest absolute Gasteiger partial charge is 0.387 e. The maximum atomic E-state index is 12.1. The van der Waals surface area contributed by atoms with Crippen LogP contribution in [0.3, 0.4) is 0 Å². The molecule has 0 bridgehead atoms. The van der Waals surface area contributed by atoms with E-state index in [9.17, 15) is 15.0 Å². The molecule has 1 saturated carbocycles. The Kier molecular flexibility index (Phi) is 3.03. The van der Waals surface area contributed by atoms with E-state index in [2.05, 4.69) is 0 Å². The number of fused-ring (bicyclic) bond motifs is 1. The molecule has 100 valence electrons. The molecule has 1 fully saturated rings. The van der Waals surface area contributed by atoms with Crippen molar-refractivity contribution in [1.29, 1.82) is 0 Å². The highest BCUT2D eigenvalue weighted by atomic mass is 16.4. The summed E-state index contributed by atoms with van der Waals surface area (Å²) >= 11 is 0. The molecule has 0 unspecified atom stereocenters. The number of allylic oxidation sites excluding steroid dienone is 2. The summed E-state index contributed by atoms with van der Waals surface area (Å²) in [5.74, 6) is -0.139. The molecule has 3 nitrogen and oxygen atoms in total. The molecule has 0 spiro atoms. The van der Waals surface area contributed by atoms with Crippen molar-refractivity contribution >= 4 is 5.78 Å². The van der Waals surface area contributed by atoms with E-state index in [1.165, 1.54) is 0 Å². The van der Waals surface area contributed by atoms with E-state index in [0.29, 0.717) is 12.0 Å². The van der Waals surface area contributed by atoms with Gasteiger partial charge in [0.25, 0.3) is 0 Å². The van der Waals surface area contributed by atoms with E-state index >= 15 is 0 Å². The second-order valence-corrected chi connectivity index (χ2v) is 6.20. The fourth-order valence-corrected chi connectivity index (χ4v) is 3.35. The summed E-state index contributed by atoms with van der Waals surface area (Å²) in [6.45, 7) is 7.31. The molecule has 0 saturated heterocycles. The zero-order valence-electron chi connectivity index (χ0n) is 11.6. The predicted molar refractivity (Wildman–Crippen MR) is 70.1 cm³/mol. The molecule has 2 N–H and O–H groups in total. The van der Waals surface area contributed by atoms with E-state index in [0.717, 1.165) is 17.6 Å². The third kappa shape index (κ3) is 1.77. The van der Waals surface area contributed by atoms with Crippen molar-refractivity contribution in [3.05, 3.63) is 22.8 Å². The smallest absolute Gasteiger partial charge is 0.181 e. The van der Waals surface area contributed by atoms with E-state index in [1.807, 2.05) is 20.8 Å². The first-order valence-corrected chi connectivity index (χ1v) is 6.52. The Bertz CT molecular complexity index is 452. The van der Waals surface area contributed by atoms with Crippen molar-refractivity contribution in [2.24, 2.45) is 5.92 Å². The van der Waals surface area contributed by atoms with E-state index in [1.54, 1.807) is 13.0 Å². The van der Waals surface area contributed by atoms with Crippen LogP contribution in [0.15, 0.2) is 22.8 Å². The zero-order valence-corrected chi connectivity index (χ0v) is 11.6. The molecule has 3 atom stereocenters. The minimum absolute atomic E-state index is 0.0221. The summed E-state index contributed by atoms with van der Waals surface area (Å²) in [7, 11) is 0. The molecule has 0 radical (unpaired) electrons. The van der Waals surface area contributed by atoms with Gasteiger partial charge in [0.2, 0.25) is 0 Å². The highest BCUT2D eigenvalue weighted by molar-refractivity contribution is 6.05. The van der Waals surface area contributed by atoms with Gasteiger partial charge in [-0.05, 0) is 46.6 Å². The van der Waals surface area contributed by atoms with Gasteiger partial charge in [-0.1, -0.05) is 11.1 Å². The van der Waals surface area contributed by atoms with Crippen LogP contribution in [0.1, 0.15) is 47.0 Å². The Morgan fingerprint density at radius 3 is 2.56 bits per heavy atom. The Labute approximate surface area is 108 Å². The topological polar surface area (TPSA) is 57.5 Å². The number of hydrogen-bond acceptors (Lipinski definition) is 3. The van der Waals surface area contributed by atoms with Crippen molar-refractivity contribution in [2.45, 2.75) is 58.2 Å². The van der Waals surface area contributed by atoms with Gasteiger partial charge in [-0.25, -0.2) is 0 Å². The number of carbonyl (C=O) groups is 1. The second-order valence-electron chi connectivity index (χ2n) is 6.20. The summed E-state index contributed by atoms with van der Waals surface area (Å²) in [6.07, 6.45) is 3.19. The predicted octanol–water partition coefficient (Wildman–Crippen LogP) is 2.13. The van der Waals surface area contributed by atoms with Gasteiger partial charge in [0, 0.05) is 17.9 Å². The van der Waals surface area contributed by atoms with Gasteiger partial charge in [-0.3, -0.25) is 4.79 Å². The maximum Gasteiger partial charge on any atom is 0.181 e. The monoisotopic (exact) mass is 250 g/mol. The van der Waals surface area contributed by atoms with Gasteiger partial charge < -0.3 is 10.2 Å². The van der Waals surface area contributed by atoms with Crippen LogP contribution >= 0.6 is 0 Å². The van der Waals surface area contributed by atoms with Crippen LogP contribution in [0.5, 0.6) is 0 Å². The number of aliphatic hydroxyl groups is 2. The molecule has 2 rings (SSSR count). The zero-order chi connectivity index (χ0) is 13.7. The Hall–Kier alpha value is -0.930. The van der Waals surface area contributed by atoms with Crippen molar-refractivity contribution in [1.82, 2.24) is 0 Å². The minimum Gasteiger partial charge on any atom is -0.387 e. The Balaban J connectivity index is 2.57. The third-order valence-electron chi connectivity index (χ3n) is 4.68. The summed E-state index contributed by atoms with van der Waals surface area (Å²) < 4.78 is 0. The highest BCUT2D eigenvalue weighted by Crippen LogP contribution is 2.51. The standard InChI is InChI=1S/C15H22O3/c1-9(2)11-8-15(18)12(5-6-14(15,4)17)10(3)7-13(11)16/h7,12,17-18H,5-6,8H2,1-4H3/t12-,14-,15+/m0/s1. The average molecular weight is 250 g/mol. The molecule has 0 aliphatic heterocycles. The minimum atomic E-state index is -1.22. The quantitative estimate of drug-likeness (QED) is 0.648. The average Bonchev–Trinajstić information content (AvgIpc) is 2.40. The summed E-state index contributed by atoms with van der Waals surface area (Å²) in [4.78, 5) is 12.1. The van der Waals surface area contributed by atoms with Crippen LogP contribution < -0.4 is 0 Å². The van der Waals surface area contributed by atoms with Gasteiger partial charge in [0.1, 0.15) is 5.60 Å². The van der Waals surface area contributed by atoms with Crippen LogP contribution in [0, 0.1) is 5.92 Å². The number of rotatable bonds is 0. The van der Waals surface area contributed by atoms with E-state index < -0.39 is 11.2 Å². The summed E-state index contributed by atoms with van der Waals surface area (Å²) in [6, 6.07) is 0. The molecule has 2 aliphatic rings. The van der Waals surface area contributed by atoms with Crippen molar-refractivity contribution < 1.29 is 15.0 Å². The summed E-state index contributed by atoms with van der Waals surface area (Å²) in [5, 5.41) is 21.4. The molecule has 0 aromatic carbocycles. The first kappa shape index (κ1) is 13.5. The van der Waals surface area contributed by atoms with E-state index in [-0.39, 0.29) is 18.1 Å². The lowest BCUT2D eigenvalue weighted by Crippen LogP contribution is -2.51. The molecule has 18 heavy (non-hydrogen) atoms. The van der Waals surface area contributed by atoms with Crippen LogP contribution in [0.4, 0.5) is 0 Å². The van der Waals surface area contributed by atoms with Gasteiger partial charge in [0.05, 0.1) is 5.60 Å². The normalized spacial score (nSPS) is 40.3. The molecular weight excluding hydrogens is 228 g/mol. The highest BCUT2D eigenvalue weighted by Gasteiger charge is 2.57. The van der Waals surface area contributed by atoms with Gasteiger partial charge in [-0.2, -0.15) is 0 Å². The first-order chi connectivity index (χ1) is 8.19. The molecule has 3 heteroatoms. The van der Waals surface area contributed by atoms with Crippen LogP contribution in [0.2, 0.25) is 0 Å². The fourth-order valence-electron chi connectivity index (χ4n) is 3.35.